The van der Waals surface area contributed by atoms with E-state index < -0.39 is 16.1 Å². The number of nitrogens with one attached hydrogen (secondary N) is 1. The van der Waals surface area contributed by atoms with Gasteiger partial charge in [-0.25, -0.2) is 13.1 Å². The molecule has 1 unspecified atom stereocenters. The number of terminal acetylenes is 1. The van der Waals surface area contributed by atoms with Gasteiger partial charge in [0.15, 0.2) is 0 Å². The van der Waals surface area contributed by atoms with Crippen LogP contribution in [0.1, 0.15) is 13.3 Å². The third-order valence-electron chi connectivity index (χ3n) is 2.43. The highest BCUT2D eigenvalue weighted by Gasteiger charge is 2.14. The first-order valence-corrected chi connectivity index (χ1v) is 7.56. The smallest absolute Gasteiger partial charge is 0.216 e. The van der Waals surface area contributed by atoms with Gasteiger partial charge in [-0.2, -0.15) is 0 Å². The first kappa shape index (κ1) is 15.3. The van der Waals surface area contributed by atoms with Crippen LogP contribution in [0.15, 0.2) is 24.3 Å². The summed E-state index contributed by atoms with van der Waals surface area (Å²) in [6.45, 7) is 1.87. The molecule has 0 heterocycles. The highest BCUT2D eigenvalue weighted by molar-refractivity contribution is 7.89. The molecule has 0 aliphatic rings. The zero-order chi connectivity index (χ0) is 14.3. The topological polar surface area (TPSA) is 81.4 Å². The molecule has 0 saturated carbocycles. The van der Waals surface area contributed by atoms with Crippen LogP contribution in [0.4, 0.5) is 5.69 Å². The molecule has 3 N–H and O–H groups in total. The van der Waals surface area contributed by atoms with Crippen molar-refractivity contribution in [3.63, 3.8) is 0 Å². The van der Waals surface area contributed by atoms with E-state index in [1.54, 1.807) is 24.3 Å². The van der Waals surface area contributed by atoms with Crippen molar-refractivity contribution in [2.24, 2.45) is 0 Å². The molecule has 1 atom stereocenters. The maximum absolute atomic E-state index is 11.7. The predicted octanol–water partition coefficient (Wildman–Crippen LogP) is 0.979. The summed E-state index contributed by atoms with van der Waals surface area (Å²) >= 11 is 0. The van der Waals surface area contributed by atoms with Crippen LogP contribution >= 0.6 is 0 Å². The van der Waals surface area contributed by atoms with Crippen LogP contribution in [0.3, 0.4) is 0 Å². The van der Waals surface area contributed by atoms with Gasteiger partial charge in [-0.3, -0.25) is 0 Å². The van der Waals surface area contributed by atoms with Gasteiger partial charge >= 0.3 is 0 Å². The molecule has 1 aromatic rings. The number of hydrogen-bond acceptors (Lipinski definition) is 4. The van der Waals surface area contributed by atoms with Gasteiger partial charge in [-0.05, 0) is 30.7 Å². The second-order valence-electron chi connectivity index (χ2n) is 3.98. The molecule has 0 radical (unpaired) electrons. The van der Waals surface area contributed by atoms with E-state index in [1.165, 1.54) is 0 Å². The molecule has 5 nitrogen and oxygen atoms in total. The van der Waals surface area contributed by atoms with Crippen molar-refractivity contribution in [3.8, 4) is 18.1 Å². The predicted molar refractivity (Wildman–Crippen MR) is 76.2 cm³/mol. The van der Waals surface area contributed by atoms with Crippen LogP contribution in [0, 0.1) is 12.3 Å². The third kappa shape index (κ3) is 5.64. The molecular formula is C13H18N2O3S. The van der Waals surface area contributed by atoms with E-state index in [4.69, 9.17) is 16.9 Å². The fourth-order valence-electron chi connectivity index (χ4n) is 1.34. The first-order chi connectivity index (χ1) is 8.96. The van der Waals surface area contributed by atoms with E-state index in [9.17, 15) is 8.42 Å². The molecule has 0 aliphatic heterocycles. The lowest BCUT2D eigenvalue weighted by Gasteiger charge is -2.12. The Morgan fingerprint density at radius 3 is 2.58 bits per heavy atom. The minimum absolute atomic E-state index is 0.0558. The number of ether oxygens (including phenoxy) is 1. The molecule has 1 rings (SSSR count). The van der Waals surface area contributed by atoms with E-state index in [-0.39, 0.29) is 12.4 Å². The summed E-state index contributed by atoms with van der Waals surface area (Å²) < 4.78 is 31.1. The zero-order valence-electron chi connectivity index (χ0n) is 10.8. The number of rotatable bonds is 7. The molecule has 0 spiro atoms. The molecule has 0 saturated heterocycles. The molecule has 104 valence electrons. The van der Waals surface area contributed by atoms with Gasteiger partial charge in [0.25, 0.3) is 0 Å². The van der Waals surface area contributed by atoms with Gasteiger partial charge in [0, 0.05) is 5.69 Å². The Morgan fingerprint density at radius 1 is 1.42 bits per heavy atom. The Labute approximate surface area is 114 Å². The van der Waals surface area contributed by atoms with E-state index in [0.29, 0.717) is 17.9 Å². The van der Waals surface area contributed by atoms with Crippen molar-refractivity contribution >= 4 is 15.7 Å². The Kier molecular flexibility index (Phi) is 5.67. The Morgan fingerprint density at radius 2 is 2.05 bits per heavy atom. The van der Waals surface area contributed by atoms with Gasteiger partial charge < -0.3 is 10.5 Å². The number of nitrogen functional groups attached to an aromatic ring is 1. The van der Waals surface area contributed by atoms with Crippen LogP contribution in [0.5, 0.6) is 5.75 Å². The molecule has 0 aromatic heterocycles. The van der Waals surface area contributed by atoms with E-state index in [2.05, 4.69) is 10.6 Å². The Balaban J connectivity index is 2.44. The summed E-state index contributed by atoms with van der Waals surface area (Å²) in [5.74, 6) is 2.81. The van der Waals surface area contributed by atoms with Crippen molar-refractivity contribution in [3.05, 3.63) is 24.3 Å². The zero-order valence-corrected chi connectivity index (χ0v) is 11.6. The summed E-state index contributed by atoms with van der Waals surface area (Å²) in [5, 5.41) is 0. The van der Waals surface area contributed by atoms with Gasteiger partial charge in [-0.1, -0.05) is 12.8 Å². The van der Waals surface area contributed by atoms with Crippen molar-refractivity contribution in [2.45, 2.75) is 19.4 Å². The molecule has 1 aromatic carbocycles. The molecule has 6 heteroatoms. The van der Waals surface area contributed by atoms with Crippen molar-refractivity contribution < 1.29 is 13.2 Å². The number of hydrogen-bond donors (Lipinski definition) is 2. The number of nitrogens with two attached hydrogens (primary N) is 1. The lowest BCUT2D eigenvalue weighted by Crippen LogP contribution is -2.36. The second-order valence-corrected chi connectivity index (χ2v) is 5.86. The van der Waals surface area contributed by atoms with Gasteiger partial charge in [-0.15, -0.1) is 6.42 Å². The highest BCUT2D eigenvalue weighted by atomic mass is 32.2. The number of anilines is 1. The second kappa shape index (κ2) is 7.02. The fraction of sp³-hybridized carbons (Fsp3) is 0.385. The van der Waals surface area contributed by atoms with E-state index in [1.807, 2.05) is 6.92 Å². The van der Waals surface area contributed by atoms with E-state index >= 15 is 0 Å². The number of sulfonamides is 1. The van der Waals surface area contributed by atoms with Crippen LogP contribution in [0.25, 0.3) is 0 Å². The van der Waals surface area contributed by atoms with E-state index in [0.717, 1.165) is 0 Å². The summed E-state index contributed by atoms with van der Waals surface area (Å²) in [7, 11) is -3.43. The monoisotopic (exact) mass is 282 g/mol. The first-order valence-electron chi connectivity index (χ1n) is 5.91. The quantitative estimate of drug-likeness (QED) is 0.577. The molecule has 0 fully saturated rings. The average Bonchev–Trinajstić information content (AvgIpc) is 2.38. The maximum atomic E-state index is 11.7. The van der Waals surface area contributed by atoms with Crippen LogP contribution in [-0.2, 0) is 10.0 Å². The standard InChI is InChI=1S/C13H18N2O3S/c1-3-12(4-2)15-19(16,17)10-9-18-13-7-5-11(14)6-8-13/h1,5-8,12,15H,4,9-10,14H2,2H3. The molecular weight excluding hydrogens is 264 g/mol. The van der Waals surface area contributed by atoms with Gasteiger partial charge in [0.05, 0.1) is 11.8 Å². The Bertz CT molecular complexity index is 532. The lowest BCUT2D eigenvalue weighted by atomic mass is 10.3. The highest BCUT2D eigenvalue weighted by Crippen LogP contribution is 2.12. The summed E-state index contributed by atoms with van der Waals surface area (Å²) in [5.41, 5.74) is 6.16. The Hall–Kier alpha value is -1.71. The SMILES string of the molecule is C#CC(CC)NS(=O)(=O)CCOc1ccc(N)cc1. The molecule has 0 amide bonds. The average molecular weight is 282 g/mol. The normalized spacial score (nSPS) is 12.6. The van der Waals surface area contributed by atoms with Gasteiger partial charge in [0.1, 0.15) is 12.4 Å². The van der Waals surface area contributed by atoms with Crippen molar-refractivity contribution in [1.82, 2.24) is 4.72 Å². The lowest BCUT2D eigenvalue weighted by molar-refractivity contribution is 0.340. The van der Waals surface area contributed by atoms with Crippen molar-refractivity contribution in [2.75, 3.05) is 18.1 Å². The maximum Gasteiger partial charge on any atom is 0.216 e. The summed E-state index contributed by atoms with van der Waals surface area (Å²) in [6, 6.07) is 6.28. The molecule has 19 heavy (non-hydrogen) atoms. The third-order valence-corrected chi connectivity index (χ3v) is 3.78. The number of benzene rings is 1. The molecule has 0 bridgehead atoms. The molecule has 0 aliphatic carbocycles. The largest absolute Gasteiger partial charge is 0.492 e. The van der Waals surface area contributed by atoms with Gasteiger partial charge in [0.2, 0.25) is 10.0 Å². The van der Waals surface area contributed by atoms with Crippen LogP contribution in [0.2, 0.25) is 0 Å². The fourth-order valence-corrected chi connectivity index (χ4v) is 2.43. The minimum atomic E-state index is -3.43. The van der Waals surface area contributed by atoms with Crippen LogP contribution < -0.4 is 15.2 Å². The minimum Gasteiger partial charge on any atom is -0.492 e. The van der Waals surface area contributed by atoms with Crippen molar-refractivity contribution in [1.29, 1.82) is 0 Å². The summed E-state index contributed by atoms with van der Waals surface area (Å²) in [4.78, 5) is 0. The van der Waals surface area contributed by atoms with Crippen LogP contribution in [-0.4, -0.2) is 26.8 Å². The summed E-state index contributed by atoms with van der Waals surface area (Å²) in [6.07, 6.45) is 5.75.